The number of aromatic nitrogens is 4. The molecule has 3 rings (SSSR count). The lowest BCUT2D eigenvalue weighted by Crippen LogP contribution is -2.04. The predicted octanol–water partition coefficient (Wildman–Crippen LogP) is 2.52. The van der Waals surface area contributed by atoms with Crippen molar-refractivity contribution in [3.8, 4) is 11.5 Å². The van der Waals surface area contributed by atoms with Crippen LogP contribution in [0.25, 0.3) is 11.5 Å². The Balaban J connectivity index is 1.85. The van der Waals surface area contributed by atoms with Crippen molar-refractivity contribution in [1.82, 2.24) is 20.2 Å². The zero-order valence-corrected chi connectivity index (χ0v) is 15.6. The molecule has 0 atom stereocenters. The molecule has 0 aliphatic carbocycles. The van der Waals surface area contributed by atoms with Crippen LogP contribution in [-0.2, 0) is 9.84 Å². The van der Waals surface area contributed by atoms with Gasteiger partial charge in [-0.3, -0.25) is 0 Å². The van der Waals surface area contributed by atoms with E-state index >= 15 is 0 Å². The number of nitrogens with two attached hydrogens (primary N) is 1. The number of nitrogens with zero attached hydrogens (tertiary/aromatic N) is 4. The number of hydrogen-bond acceptors (Lipinski definition) is 9. The highest BCUT2D eigenvalue weighted by Gasteiger charge is 2.17. The molecular weight excluding hydrogens is 375 g/mol. The first kappa shape index (κ1) is 18.7. The van der Waals surface area contributed by atoms with E-state index < -0.39 is 15.7 Å². The van der Waals surface area contributed by atoms with Crippen LogP contribution in [0.2, 0.25) is 0 Å². The topological polar surface area (TPSA) is 137 Å². The molecule has 3 N–H and O–H groups in total. The van der Waals surface area contributed by atoms with E-state index in [0.717, 1.165) is 18.4 Å². The summed E-state index contributed by atoms with van der Waals surface area (Å²) in [4.78, 5) is 7.79. The summed E-state index contributed by atoms with van der Waals surface area (Å²) >= 11 is 0. The zero-order chi connectivity index (χ0) is 19.8. The second-order valence-electron chi connectivity index (χ2n) is 6.14. The van der Waals surface area contributed by atoms with Gasteiger partial charge in [-0.1, -0.05) is 13.8 Å². The summed E-state index contributed by atoms with van der Waals surface area (Å²) in [7, 11) is -3.65. The number of sulfone groups is 1. The lowest BCUT2D eigenvalue weighted by molar-refractivity contribution is 0.481. The largest absolute Gasteiger partial charge is 0.420 e. The van der Waals surface area contributed by atoms with Gasteiger partial charge in [0.05, 0.1) is 5.56 Å². The number of nitrogens with one attached hydrogen (secondary N) is 1. The van der Waals surface area contributed by atoms with Crippen LogP contribution in [0.1, 0.15) is 25.7 Å². The molecule has 0 aliphatic rings. The fourth-order valence-corrected chi connectivity index (χ4v) is 2.93. The molecule has 0 bridgehead atoms. The smallest absolute Gasteiger partial charge is 0.253 e. The molecular formula is C16H17FN6O3S. The molecule has 0 saturated carbocycles. The Labute approximate surface area is 154 Å². The minimum atomic E-state index is -3.65. The van der Waals surface area contributed by atoms with Gasteiger partial charge in [-0.15, -0.1) is 10.2 Å². The first-order valence-corrected chi connectivity index (χ1v) is 9.77. The molecule has 0 radical (unpaired) electrons. The molecule has 0 fully saturated rings. The van der Waals surface area contributed by atoms with Crippen molar-refractivity contribution < 1.29 is 17.2 Å². The Morgan fingerprint density at radius 1 is 1.26 bits per heavy atom. The van der Waals surface area contributed by atoms with Gasteiger partial charge < -0.3 is 15.5 Å². The number of nitrogen functional groups attached to an aromatic ring is 1. The summed E-state index contributed by atoms with van der Waals surface area (Å²) in [5.74, 6) is 0.0590. The molecule has 2 heterocycles. The maximum atomic E-state index is 14.0. The van der Waals surface area contributed by atoms with Crippen LogP contribution in [0, 0.1) is 5.82 Å². The van der Waals surface area contributed by atoms with Gasteiger partial charge in [-0.05, 0) is 18.2 Å². The molecule has 0 saturated heterocycles. The molecule has 1 aromatic carbocycles. The van der Waals surface area contributed by atoms with E-state index in [1.54, 1.807) is 0 Å². The first-order valence-electron chi connectivity index (χ1n) is 7.88. The van der Waals surface area contributed by atoms with Crippen molar-refractivity contribution in [1.29, 1.82) is 0 Å². The van der Waals surface area contributed by atoms with Gasteiger partial charge in [0.2, 0.25) is 11.8 Å². The van der Waals surface area contributed by atoms with E-state index in [9.17, 15) is 12.8 Å². The first-order chi connectivity index (χ1) is 12.6. The number of halogens is 1. The number of hydrogen-bond donors (Lipinski definition) is 2. The molecule has 0 spiro atoms. The number of rotatable bonds is 5. The Morgan fingerprint density at radius 2 is 2.00 bits per heavy atom. The van der Waals surface area contributed by atoms with Gasteiger partial charge in [0.1, 0.15) is 16.5 Å². The van der Waals surface area contributed by atoms with Crippen molar-refractivity contribution in [2.45, 2.75) is 24.7 Å². The third-order valence-corrected chi connectivity index (χ3v) is 4.70. The summed E-state index contributed by atoms with van der Waals surface area (Å²) < 4.78 is 42.4. The summed E-state index contributed by atoms with van der Waals surface area (Å²) in [6.45, 7) is 3.83. The predicted molar refractivity (Wildman–Crippen MR) is 96.6 cm³/mol. The highest BCUT2D eigenvalue weighted by atomic mass is 32.2. The van der Waals surface area contributed by atoms with E-state index in [0.29, 0.717) is 11.5 Å². The lowest BCUT2D eigenvalue weighted by atomic mass is 10.2. The van der Waals surface area contributed by atoms with Crippen molar-refractivity contribution >= 4 is 27.3 Å². The maximum Gasteiger partial charge on any atom is 0.253 e. The highest BCUT2D eigenvalue weighted by molar-refractivity contribution is 7.90. The second kappa shape index (κ2) is 6.91. The van der Waals surface area contributed by atoms with Gasteiger partial charge in [0.15, 0.2) is 9.84 Å². The van der Waals surface area contributed by atoms with Crippen LogP contribution < -0.4 is 11.1 Å². The summed E-state index contributed by atoms with van der Waals surface area (Å²) in [5, 5.41) is 10.6. The fraction of sp³-hybridized carbons (Fsp3) is 0.250. The Bertz CT molecular complexity index is 1100. The van der Waals surface area contributed by atoms with E-state index in [1.165, 1.54) is 12.3 Å². The van der Waals surface area contributed by atoms with E-state index in [1.807, 2.05) is 13.8 Å². The average Bonchev–Trinajstić information content (AvgIpc) is 3.04. The van der Waals surface area contributed by atoms with Gasteiger partial charge in [0.25, 0.3) is 5.89 Å². The second-order valence-corrected chi connectivity index (χ2v) is 8.12. The number of benzene rings is 1. The lowest BCUT2D eigenvalue weighted by Gasteiger charge is -2.08. The highest BCUT2D eigenvalue weighted by Crippen LogP contribution is 2.26. The molecule has 2 aromatic heterocycles. The standard InChI is InChI=1S/C16H17FN6O3S/c1-8(2)14-22-23-15(26-14)10-7-19-16(21-13(10)18)20-9-4-5-12(11(17)6-9)27(3,24)25/h4-8H,1-3H3,(H3,18,19,20,21). The molecule has 0 amide bonds. The van der Waals surface area contributed by atoms with E-state index in [4.69, 9.17) is 10.2 Å². The molecule has 11 heteroatoms. The number of anilines is 3. The van der Waals surface area contributed by atoms with E-state index in [2.05, 4.69) is 25.5 Å². The third kappa shape index (κ3) is 4.03. The zero-order valence-electron chi connectivity index (χ0n) is 14.8. The molecule has 3 aromatic rings. The molecule has 0 aliphatic heterocycles. The maximum absolute atomic E-state index is 14.0. The van der Waals surface area contributed by atoms with Crippen LogP contribution in [0.3, 0.4) is 0 Å². The molecule has 27 heavy (non-hydrogen) atoms. The van der Waals surface area contributed by atoms with Crippen LogP contribution in [0.4, 0.5) is 21.8 Å². The van der Waals surface area contributed by atoms with Crippen LogP contribution >= 0.6 is 0 Å². The van der Waals surface area contributed by atoms with Crippen molar-refractivity contribution in [2.24, 2.45) is 0 Å². The normalized spacial score (nSPS) is 11.7. The van der Waals surface area contributed by atoms with Gasteiger partial charge in [-0.2, -0.15) is 4.98 Å². The minimum Gasteiger partial charge on any atom is -0.420 e. The Morgan fingerprint density at radius 3 is 2.56 bits per heavy atom. The third-order valence-electron chi connectivity index (χ3n) is 3.57. The van der Waals surface area contributed by atoms with Gasteiger partial charge in [-0.25, -0.2) is 17.8 Å². The van der Waals surface area contributed by atoms with Crippen molar-refractivity contribution in [3.05, 3.63) is 36.1 Å². The summed E-state index contributed by atoms with van der Waals surface area (Å²) in [6.07, 6.45) is 2.34. The van der Waals surface area contributed by atoms with Crippen molar-refractivity contribution in [2.75, 3.05) is 17.3 Å². The van der Waals surface area contributed by atoms with E-state index in [-0.39, 0.29) is 34.2 Å². The minimum absolute atomic E-state index is 0.0686. The SMILES string of the molecule is CC(C)c1nnc(-c2cnc(Nc3ccc(S(C)(=O)=O)c(F)c3)nc2N)o1. The van der Waals surface area contributed by atoms with Crippen LogP contribution in [0.5, 0.6) is 0 Å². The summed E-state index contributed by atoms with van der Waals surface area (Å²) in [5.41, 5.74) is 6.58. The van der Waals surface area contributed by atoms with Crippen LogP contribution in [0.15, 0.2) is 33.7 Å². The molecule has 0 unspecified atom stereocenters. The van der Waals surface area contributed by atoms with Gasteiger partial charge >= 0.3 is 0 Å². The Kier molecular flexibility index (Phi) is 4.79. The Hall–Kier alpha value is -3.08. The monoisotopic (exact) mass is 392 g/mol. The summed E-state index contributed by atoms with van der Waals surface area (Å²) in [6, 6.07) is 3.60. The quantitative estimate of drug-likeness (QED) is 0.671. The molecule has 142 valence electrons. The average molecular weight is 392 g/mol. The fourth-order valence-electron chi connectivity index (χ4n) is 2.21. The molecule has 9 nitrogen and oxygen atoms in total. The van der Waals surface area contributed by atoms with Crippen molar-refractivity contribution in [3.63, 3.8) is 0 Å². The van der Waals surface area contributed by atoms with Crippen LogP contribution in [-0.4, -0.2) is 34.8 Å². The van der Waals surface area contributed by atoms with Gasteiger partial charge in [0, 0.05) is 24.1 Å².